The number of fused-ring (bicyclic) bond motifs is 1. The third-order valence-electron chi connectivity index (χ3n) is 5.20. The number of rotatable bonds is 5. The van der Waals surface area contributed by atoms with E-state index in [0.717, 1.165) is 28.9 Å². The molecule has 3 aromatic rings. The minimum atomic E-state index is -0.317. The van der Waals surface area contributed by atoms with Gasteiger partial charge in [0.15, 0.2) is 11.0 Å². The van der Waals surface area contributed by atoms with Gasteiger partial charge in [0.1, 0.15) is 5.82 Å². The summed E-state index contributed by atoms with van der Waals surface area (Å²) >= 11 is 9.62. The van der Waals surface area contributed by atoms with Gasteiger partial charge < -0.3 is 0 Å². The van der Waals surface area contributed by atoms with Gasteiger partial charge in [0, 0.05) is 32.6 Å². The van der Waals surface area contributed by atoms with Gasteiger partial charge in [0.25, 0.3) is 0 Å². The summed E-state index contributed by atoms with van der Waals surface area (Å²) in [6, 6.07) is 4.78. The zero-order chi connectivity index (χ0) is 19.8. The van der Waals surface area contributed by atoms with Gasteiger partial charge in [0.2, 0.25) is 0 Å². The van der Waals surface area contributed by atoms with Crippen LogP contribution in [0, 0.1) is 11.7 Å². The Labute approximate surface area is 178 Å². The maximum Gasteiger partial charge on any atom is 0.192 e. The summed E-state index contributed by atoms with van der Waals surface area (Å²) in [5.74, 6) is 2.02. The van der Waals surface area contributed by atoms with E-state index < -0.39 is 0 Å². The molecule has 7 heteroatoms. The second-order valence-electron chi connectivity index (χ2n) is 7.69. The largest absolute Gasteiger partial charge is 0.299 e. The lowest BCUT2D eigenvalue weighted by atomic mass is 9.88. The molecular formula is C21H23ClFN3S2. The van der Waals surface area contributed by atoms with Gasteiger partial charge in [-0.05, 0) is 62.3 Å². The molecule has 0 aliphatic heterocycles. The van der Waals surface area contributed by atoms with E-state index in [1.807, 2.05) is 11.3 Å². The van der Waals surface area contributed by atoms with Gasteiger partial charge in [-0.1, -0.05) is 36.4 Å². The standard InChI is InChI=1S/C21H23ClFN3S2/c1-12(2)26-20(17-11-27-19-8-13(3)4-7-16(17)19)24-25-21(26)28-10-14-5-6-15(23)9-18(14)22/h5-6,9,11-13H,4,7-8,10H2,1-3H3/t13-/m0/s1. The van der Waals surface area contributed by atoms with Crippen LogP contribution in [0.5, 0.6) is 0 Å². The number of thioether (sulfide) groups is 1. The van der Waals surface area contributed by atoms with E-state index in [1.165, 1.54) is 41.0 Å². The first-order valence-electron chi connectivity index (χ1n) is 9.55. The van der Waals surface area contributed by atoms with Crippen molar-refractivity contribution in [1.29, 1.82) is 0 Å². The molecule has 0 unspecified atom stereocenters. The van der Waals surface area contributed by atoms with Gasteiger partial charge in [-0.2, -0.15) is 0 Å². The van der Waals surface area contributed by atoms with Gasteiger partial charge in [-0.3, -0.25) is 4.57 Å². The van der Waals surface area contributed by atoms with Crippen LogP contribution in [-0.2, 0) is 18.6 Å². The van der Waals surface area contributed by atoms with E-state index >= 15 is 0 Å². The molecule has 0 radical (unpaired) electrons. The van der Waals surface area contributed by atoms with Crippen LogP contribution in [0.3, 0.4) is 0 Å². The molecule has 1 aromatic carbocycles. The number of hydrogen-bond acceptors (Lipinski definition) is 4. The molecule has 0 saturated heterocycles. The minimum Gasteiger partial charge on any atom is -0.299 e. The Balaban J connectivity index is 1.63. The smallest absolute Gasteiger partial charge is 0.192 e. The molecule has 1 atom stereocenters. The average Bonchev–Trinajstić information content (AvgIpc) is 3.24. The van der Waals surface area contributed by atoms with Gasteiger partial charge in [-0.15, -0.1) is 21.5 Å². The van der Waals surface area contributed by atoms with Crippen molar-refractivity contribution in [2.75, 3.05) is 0 Å². The fraction of sp³-hybridized carbons (Fsp3) is 0.429. The van der Waals surface area contributed by atoms with Crippen molar-refractivity contribution in [3.8, 4) is 11.4 Å². The summed E-state index contributed by atoms with van der Waals surface area (Å²) in [5, 5.41) is 12.6. The molecule has 0 N–H and O–H groups in total. The summed E-state index contributed by atoms with van der Waals surface area (Å²) in [6.07, 6.45) is 3.52. The minimum absolute atomic E-state index is 0.245. The molecule has 28 heavy (non-hydrogen) atoms. The fourth-order valence-electron chi connectivity index (χ4n) is 3.67. The topological polar surface area (TPSA) is 30.7 Å². The van der Waals surface area contributed by atoms with Crippen LogP contribution in [0.1, 0.15) is 49.2 Å². The maximum absolute atomic E-state index is 13.3. The molecule has 0 amide bonds. The summed E-state index contributed by atoms with van der Waals surface area (Å²) in [7, 11) is 0. The monoisotopic (exact) mass is 435 g/mol. The van der Waals surface area contributed by atoms with Crippen molar-refractivity contribution >= 4 is 34.7 Å². The molecule has 2 heterocycles. The number of aromatic nitrogens is 3. The van der Waals surface area contributed by atoms with Crippen molar-refractivity contribution in [3.63, 3.8) is 0 Å². The molecular weight excluding hydrogens is 413 g/mol. The fourth-order valence-corrected chi connectivity index (χ4v) is 6.30. The summed E-state index contributed by atoms with van der Waals surface area (Å²) < 4.78 is 15.5. The first-order valence-corrected chi connectivity index (χ1v) is 11.8. The van der Waals surface area contributed by atoms with Gasteiger partial charge in [0.05, 0.1) is 0 Å². The average molecular weight is 436 g/mol. The Morgan fingerprint density at radius 2 is 2.18 bits per heavy atom. The van der Waals surface area contributed by atoms with Crippen LogP contribution >= 0.6 is 34.7 Å². The normalized spacial score (nSPS) is 16.6. The quantitative estimate of drug-likeness (QED) is 0.413. The zero-order valence-electron chi connectivity index (χ0n) is 16.2. The molecule has 1 aliphatic carbocycles. The van der Waals surface area contributed by atoms with E-state index in [0.29, 0.717) is 10.8 Å². The van der Waals surface area contributed by atoms with Crippen molar-refractivity contribution in [2.24, 2.45) is 5.92 Å². The van der Waals surface area contributed by atoms with Crippen LogP contribution in [0.2, 0.25) is 5.02 Å². The van der Waals surface area contributed by atoms with E-state index in [4.69, 9.17) is 11.6 Å². The molecule has 0 bridgehead atoms. The van der Waals surface area contributed by atoms with Crippen LogP contribution in [0.25, 0.3) is 11.4 Å². The van der Waals surface area contributed by atoms with Crippen molar-refractivity contribution in [3.05, 3.63) is 50.4 Å². The Kier molecular flexibility index (Phi) is 5.81. The zero-order valence-corrected chi connectivity index (χ0v) is 18.6. The second kappa shape index (κ2) is 8.17. The third kappa shape index (κ3) is 3.87. The molecule has 2 aromatic heterocycles. The van der Waals surface area contributed by atoms with Crippen LogP contribution < -0.4 is 0 Å². The molecule has 0 saturated carbocycles. The highest BCUT2D eigenvalue weighted by Gasteiger charge is 2.25. The Bertz CT molecular complexity index is 996. The predicted octanol–water partition coefficient (Wildman–Crippen LogP) is 6.80. The highest BCUT2D eigenvalue weighted by molar-refractivity contribution is 7.98. The first kappa shape index (κ1) is 19.9. The highest BCUT2D eigenvalue weighted by atomic mass is 35.5. The first-order chi connectivity index (χ1) is 13.4. The van der Waals surface area contributed by atoms with Crippen molar-refractivity contribution < 1.29 is 4.39 Å². The van der Waals surface area contributed by atoms with Gasteiger partial charge in [-0.25, -0.2) is 4.39 Å². The van der Waals surface area contributed by atoms with Crippen LogP contribution in [0.4, 0.5) is 4.39 Å². The Hall–Kier alpha value is -1.37. The highest BCUT2D eigenvalue weighted by Crippen LogP contribution is 2.39. The van der Waals surface area contributed by atoms with E-state index in [2.05, 4.69) is 40.9 Å². The van der Waals surface area contributed by atoms with E-state index in [-0.39, 0.29) is 11.9 Å². The molecule has 4 rings (SSSR count). The molecule has 148 valence electrons. The second-order valence-corrected chi connectivity index (χ2v) is 10.0. The van der Waals surface area contributed by atoms with Gasteiger partial charge >= 0.3 is 0 Å². The van der Waals surface area contributed by atoms with E-state index in [9.17, 15) is 4.39 Å². The third-order valence-corrected chi connectivity index (χ3v) is 7.59. The predicted molar refractivity (Wildman–Crippen MR) is 116 cm³/mol. The van der Waals surface area contributed by atoms with Crippen molar-refractivity contribution in [2.45, 2.75) is 57.0 Å². The van der Waals surface area contributed by atoms with Crippen LogP contribution in [0.15, 0.2) is 28.7 Å². The number of hydrogen-bond donors (Lipinski definition) is 0. The maximum atomic E-state index is 13.3. The molecule has 0 fully saturated rings. The lowest BCUT2D eigenvalue weighted by molar-refractivity contribution is 0.507. The number of thiophene rings is 1. The lowest BCUT2D eigenvalue weighted by Crippen LogP contribution is -2.10. The molecule has 0 spiro atoms. The number of halogens is 2. The summed E-state index contributed by atoms with van der Waals surface area (Å²) in [4.78, 5) is 1.50. The Morgan fingerprint density at radius 1 is 1.36 bits per heavy atom. The van der Waals surface area contributed by atoms with E-state index in [1.54, 1.807) is 17.8 Å². The Morgan fingerprint density at radius 3 is 2.93 bits per heavy atom. The van der Waals surface area contributed by atoms with Crippen LogP contribution in [-0.4, -0.2) is 14.8 Å². The number of benzene rings is 1. The number of nitrogens with zero attached hydrogens (tertiary/aromatic N) is 3. The lowest BCUT2D eigenvalue weighted by Gasteiger charge is -2.19. The molecule has 3 nitrogen and oxygen atoms in total. The summed E-state index contributed by atoms with van der Waals surface area (Å²) in [5.41, 5.74) is 3.59. The van der Waals surface area contributed by atoms with Crippen molar-refractivity contribution in [1.82, 2.24) is 14.8 Å². The molecule has 1 aliphatic rings. The SMILES string of the molecule is CC(C)n1c(SCc2ccc(F)cc2Cl)nnc1-c1csc2c1CC[C@H](C)C2. The summed E-state index contributed by atoms with van der Waals surface area (Å²) in [6.45, 7) is 6.64.